The monoisotopic (exact) mass is 283 g/mol. The minimum atomic E-state index is -3.01. The summed E-state index contributed by atoms with van der Waals surface area (Å²) in [6.45, 7) is 4.04. The lowest BCUT2D eigenvalue weighted by molar-refractivity contribution is 0.0697. The lowest BCUT2D eigenvalue weighted by atomic mass is 10.1. The minimum Gasteiger partial charge on any atom is -0.478 e. The van der Waals surface area contributed by atoms with E-state index in [-0.39, 0.29) is 23.1 Å². The molecule has 0 bridgehead atoms. The molecule has 1 unspecified atom stereocenters. The SMILES string of the molecule is Cc1ccc(C(=O)O)c(N2CCS(=O)(=O)CC2C)c1. The molecule has 1 atom stereocenters. The van der Waals surface area contributed by atoms with Crippen LogP contribution in [0.15, 0.2) is 18.2 Å². The van der Waals surface area contributed by atoms with E-state index < -0.39 is 15.8 Å². The Bertz CT molecular complexity index is 609. The maximum absolute atomic E-state index is 11.6. The quantitative estimate of drug-likeness (QED) is 0.886. The van der Waals surface area contributed by atoms with Gasteiger partial charge in [-0.05, 0) is 31.5 Å². The van der Waals surface area contributed by atoms with Crippen LogP contribution in [0.2, 0.25) is 0 Å². The van der Waals surface area contributed by atoms with Crippen LogP contribution in [0.25, 0.3) is 0 Å². The molecule has 0 aliphatic carbocycles. The van der Waals surface area contributed by atoms with Crippen LogP contribution >= 0.6 is 0 Å². The molecule has 0 amide bonds. The number of aryl methyl sites for hydroxylation is 1. The molecule has 1 aliphatic heterocycles. The molecule has 1 N–H and O–H groups in total. The summed E-state index contributed by atoms with van der Waals surface area (Å²) in [5.74, 6) is -0.847. The van der Waals surface area contributed by atoms with Gasteiger partial charge in [-0.3, -0.25) is 0 Å². The lowest BCUT2D eigenvalue weighted by Crippen LogP contribution is -2.47. The number of anilines is 1. The molecule has 1 heterocycles. The predicted molar refractivity (Wildman–Crippen MR) is 73.6 cm³/mol. The first-order chi connectivity index (χ1) is 8.80. The number of nitrogens with zero attached hydrogens (tertiary/aromatic N) is 1. The Hall–Kier alpha value is -1.56. The van der Waals surface area contributed by atoms with Gasteiger partial charge in [0, 0.05) is 12.6 Å². The van der Waals surface area contributed by atoms with E-state index >= 15 is 0 Å². The molecule has 1 saturated heterocycles. The first-order valence-corrected chi connectivity index (χ1v) is 7.93. The minimum absolute atomic E-state index is 0.0694. The van der Waals surface area contributed by atoms with E-state index in [4.69, 9.17) is 0 Å². The third-order valence-corrected chi connectivity index (χ3v) is 5.16. The maximum atomic E-state index is 11.6. The predicted octanol–water partition coefficient (Wildman–Crippen LogP) is 1.32. The third kappa shape index (κ3) is 2.89. The van der Waals surface area contributed by atoms with Crippen LogP contribution in [0.4, 0.5) is 5.69 Å². The fraction of sp³-hybridized carbons (Fsp3) is 0.462. The Labute approximate surface area is 112 Å². The third-order valence-electron chi connectivity index (χ3n) is 3.36. The van der Waals surface area contributed by atoms with Crippen molar-refractivity contribution in [2.45, 2.75) is 19.9 Å². The fourth-order valence-corrected chi connectivity index (χ4v) is 3.97. The second-order valence-electron chi connectivity index (χ2n) is 4.98. The van der Waals surface area contributed by atoms with Gasteiger partial charge in [-0.25, -0.2) is 13.2 Å². The Kier molecular flexibility index (Phi) is 3.54. The number of sulfone groups is 1. The normalized spacial score (nSPS) is 22.2. The van der Waals surface area contributed by atoms with Gasteiger partial charge in [0.2, 0.25) is 0 Å². The van der Waals surface area contributed by atoms with E-state index in [0.29, 0.717) is 12.2 Å². The Morgan fingerprint density at radius 2 is 2.11 bits per heavy atom. The second-order valence-corrected chi connectivity index (χ2v) is 7.21. The second kappa shape index (κ2) is 4.85. The summed E-state index contributed by atoms with van der Waals surface area (Å²) in [4.78, 5) is 13.1. The van der Waals surface area contributed by atoms with Gasteiger partial charge in [-0.2, -0.15) is 0 Å². The van der Waals surface area contributed by atoms with Crippen molar-refractivity contribution in [1.82, 2.24) is 0 Å². The molecule has 2 rings (SSSR count). The standard InChI is InChI=1S/C13H17NO4S/c1-9-3-4-11(13(15)16)12(7-9)14-5-6-19(17,18)8-10(14)2/h3-4,7,10H,5-6,8H2,1-2H3,(H,15,16). The van der Waals surface area contributed by atoms with Gasteiger partial charge in [0.25, 0.3) is 0 Å². The average molecular weight is 283 g/mol. The van der Waals surface area contributed by atoms with E-state index in [2.05, 4.69) is 0 Å². The van der Waals surface area contributed by atoms with Crippen LogP contribution in [-0.4, -0.2) is 43.6 Å². The average Bonchev–Trinajstić information content (AvgIpc) is 2.27. The summed E-state index contributed by atoms with van der Waals surface area (Å²) in [5.41, 5.74) is 1.78. The highest BCUT2D eigenvalue weighted by molar-refractivity contribution is 7.91. The van der Waals surface area contributed by atoms with Crippen LogP contribution in [0.5, 0.6) is 0 Å². The van der Waals surface area contributed by atoms with E-state index in [1.807, 2.05) is 18.7 Å². The summed E-state index contributed by atoms with van der Waals surface area (Å²) >= 11 is 0. The van der Waals surface area contributed by atoms with Gasteiger partial charge in [-0.15, -0.1) is 0 Å². The summed E-state index contributed by atoms with van der Waals surface area (Å²) < 4.78 is 23.2. The Balaban J connectivity index is 2.42. The van der Waals surface area contributed by atoms with Crippen LogP contribution < -0.4 is 4.90 Å². The van der Waals surface area contributed by atoms with Crippen molar-refractivity contribution in [3.63, 3.8) is 0 Å². The smallest absolute Gasteiger partial charge is 0.337 e. The zero-order valence-electron chi connectivity index (χ0n) is 11.0. The highest BCUT2D eigenvalue weighted by Crippen LogP contribution is 2.27. The number of rotatable bonds is 2. The number of carboxylic acid groups (broad SMARTS) is 1. The molecule has 5 nitrogen and oxygen atoms in total. The van der Waals surface area contributed by atoms with E-state index in [0.717, 1.165) is 5.56 Å². The van der Waals surface area contributed by atoms with E-state index in [1.165, 1.54) is 0 Å². The molecular formula is C13H17NO4S. The van der Waals surface area contributed by atoms with Crippen molar-refractivity contribution in [1.29, 1.82) is 0 Å². The summed E-state index contributed by atoms with van der Waals surface area (Å²) in [7, 11) is -3.01. The molecule has 1 aromatic rings. The Morgan fingerprint density at radius 3 is 2.68 bits per heavy atom. The van der Waals surface area contributed by atoms with Crippen molar-refractivity contribution in [3.8, 4) is 0 Å². The molecule has 1 aromatic carbocycles. The number of benzene rings is 1. The molecule has 6 heteroatoms. The molecule has 1 fully saturated rings. The first-order valence-electron chi connectivity index (χ1n) is 6.11. The number of carboxylic acids is 1. The fourth-order valence-electron chi connectivity index (χ4n) is 2.42. The van der Waals surface area contributed by atoms with Gasteiger partial charge in [0.05, 0.1) is 22.8 Å². The van der Waals surface area contributed by atoms with Gasteiger partial charge in [0.1, 0.15) is 0 Å². The van der Waals surface area contributed by atoms with Crippen molar-refractivity contribution in [3.05, 3.63) is 29.3 Å². The highest BCUT2D eigenvalue weighted by Gasteiger charge is 2.30. The molecule has 0 spiro atoms. The number of carbonyl (C=O) groups is 1. The zero-order valence-corrected chi connectivity index (χ0v) is 11.8. The van der Waals surface area contributed by atoms with Gasteiger partial charge >= 0.3 is 5.97 Å². The summed E-state index contributed by atoms with van der Waals surface area (Å²) in [5, 5.41) is 9.23. The number of aromatic carboxylic acids is 1. The number of hydrogen-bond donors (Lipinski definition) is 1. The topological polar surface area (TPSA) is 74.7 Å². The molecule has 104 valence electrons. The van der Waals surface area contributed by atoms with Crippen LogP contribution in [0.3, 0.4) is 0 Å². The van der Waals surface area contributed by atoms with Crippen LogP contribution in [0.1, 0.15) is 22.8 Å². The lowest BCUT2D eigenvalue weighted by Gasteiger charge is -2.36. The maximum Gasteiger partial charge on any atom is 0.337 e. The largest absolute Gasteiger partial charge is 0.478 e. The van der Waals surface area contributed by atoms with Crippen molar-refractivity contribution in [2.75, 3.05) is 23.0 Å². The molecular weight excluding hydrogens is 266 g/mol. The van der Waals surface area contributed by atoms with Gasteiger partial charge in [-0.1, -0.05) is 6.07 Å². The van der Waals surface area contributed by atoms with E-state index in [9.17, 15) is 18.3 Å². The molecule has 0 saturated carbocycles. The van der Waals surface area contributed by atoms with Gasteiger partial charge < -0.3 is 10.0 Å². The summed E-state index contributed by atoms with van der Waals surface area (Å²) in [6.07, 6.45) is 0. The molecule has 19 heavy (non-hydrogen) atoms. The van der Waals surface area contributed by atoms with Crippen LogP contribution in [0, 0.1) is 6.92 Å². The highest BCUT2D eigenvalue weighted by atomic mass is 32.2. The van der Waals surface area contributed by atoms with Gasteiger partial charge in [0.15, 0.2) is 9.84 Å². The first kappa shape index (κ1) is 13.9. The molecule has 0 radical (unpaired) electrons. The summed E-state index contributed by atoms with van der Waals surface area (Å²) in [6, 6.07) is 4.91. The van der Waals surface area contributed by atoms with Crippen molar-refractivity contribution >= 4 is 21.5 Å². The van der Waals surface area contributed by atoms with Crippen LogP contribution in [-0.2, 0) is 9.84 Å². The molecule has 1 aliphatic rings. The molecule has 0 aromatic heterocycles. The van der Waals surface area contributed by atoms with Crippen molar-refractivity contribution in [2.24, 2.45) is 0 Å². The number of hydrogen-bond acceptors (Lipinski definition) is 4. The Morgan fingerprint density at radius 1 is 1.42 bits per heavy atom. The van der Waals surface area contributed by atoms with Crippen molar-refractivity contribution < 1.29 is 18.3 Å². The zero-order chi connectivity index (χ0) is 14.2. The van der Waals surface area contributed by atoms with E-state index in [1.54, 1.807) is 18.2 Å².